The van der Waals surface area contributed by atoms with Gasteiger partial charge in [-0.25, -0.2) is 4.79 Å². The van der Waals surface area contributed by atoms with Crippen LogP contribution in [0.4, 0.5) is 0 Å². The average molecular weight is 380 g/mol. The van der Waals surface area contributed by atoms with Crippen molar-refractivity contribution < 1.29 is 39.3 Å². The van der Waals surface area contributed by atoms with E-state index in [0.717, 1.165) is 0 Å². The predicted molar refractivity (Wildman–Crippen MR) is 85.7 cm³/mol. The molecule has 0 rings (SSSR count). The summed E-state index contributed by atoms with van der Waals surface area (Å²) < 4.78 is 0. The van der Waals surface area contributed by atoms with Crippen molar-refractivity contribution in [1.29, 1.82) is 0 Å². The molecule has 0 aromatic rings. The van der Waals surface area contributed by atoms with Crippen molar-refractivity contribution in [2.24, 2.45) is 5.73 Å². The predicted octanol–water partition coefficient (Wildman–Crippen LogP) is -4.12. The second kappa shape index (κ2) is 11.2. The molecule has 0 fully saturated rings. The van der Waals surface area contributed by atoms with Crippen molar-refractivity contribution in [3.05, 3.63) is 0 Å². The highest BCUT2D eigenvalue weighted by Gasteiger charge is 2.26. The standard InChI is InChI=1S/C12H20N4O8S/c13-5(4-25)10(21)16-6(1-9(19)20)11(22)14-2-8(18)15-7(3-17)12(23)24/h5-7,17,25H,1-4,13H2,(H,14,22)(H,15,18)(H,16,21)(H,19,20)(H,23,24). The summed E-state index contributed by atoms with van der Waals surface area (Å²) in [4.78, 5) is 56.5. The quantitative estimate of drug-likeness (QED) is 0.163. The maximum atomic E-state index is 11.9. The van der Waals surface area contributed by atoms with Crippen LogP contribution in [0.15, 0.2) is 0 Å². The number of aliphatic carboxylic acids is 2. The van der Waals surface area contributed by atoms with Crippen molar-refractivity contribution in [2.75, 3.05) is 18.9 Å². The van der Waals surface area contributed by atoms with Gasteiger partial charge in [-0.05, 0) is 0 Å². The molecule has 13 heteroatoms. The van der Waals surface area contributed by atoms with Gasteiger partial charge in [0.15, 0.2) is 0 Å². The molecular weight excluding hydrogens is 360 g/mol. The van der Waals surface area contributed by atoms with Crippen LogP contribution in [0.1, 0.15) is 6.42 Å². The second-order valence-electron chi connectivity index (χ2n) is 4.81. The molecular formula is C12H20N4O8S. The number of carboxylic acids is 2. The number of amides is 3. The maximum Gasteiger partial charge on any atom is 0.328 e. The van der Waals surface area contributed by atoms with Crippen LogP contribution in [0, 0.1) is 0 Å². The summed E-state index contributed by atoms with van der Waals surface area (Å²) in [5.41, 5.74) is 5.41. The maximum absolute atomic E-state index is 11.9. The Bertz CT molecular complexity index is 529. The van der Waals surface area contributed by atoms with Crippen LogP contribution in [-0.2, 0) is 24.0 Å². The van der Waals surface area contributed by atoms with Gasteiger partial charge in [0.2, 0.25) is 17.7 Å². The Labute approximate surface area is 147 Å². The molecule has 12 nitrogen and oxygen atoms in total. The van der Waals surface area contributed by atoms with E-state index in [-0.39, 0.29) is 5.75 Å². The number of carbonyl (C=O) groups excluding carboxylic acids is 3. The van der Waals surface area contributed by atoms with E-state index >= 15 is 0 Å². The Morgan fingerprint density at radius 3 is 2.04 bits per heavy atom. The highest BCUT2D eigenvalue weighted by molar-refractivity contribution is 7.80. The molecule has 142 valence electrons. The summed E-state index contributed by atoms with van der Waals surface area (Å²) in [6.45, 7) is -1.54. The first-order valence-electron chi connectivity index (χ1n) is 6.91. The van der Waals surface area contributed by atoms with Crippen molar-refractivity contribution in [3.63, 3.8) is 0 Å². The van der Waals surface area contributed by atoms with Crippen LogP contribution in [0.2, 0.25) is 0 Å². The van der Waals surface area contributed by atoms with E-state index in [1.54, 1.807) is 0 Å². The molecule has 0 saturated heterocycles. The molecule has 0 bridgehead atoms. The fourth-order valence-corrected chi connectivity index (χ4v) is 1.63. The second-order valence-corrected chi connectivity index (χ2v) is 5.17. The van der Waals surface area contributed by atoms with Crippen molar-refractivity contribution in [2.45, 2.75) is 24.5 Å². The lowest BCUT2D eigenvalue weighted by Crippen LogP contribution is -2.54. The van der Waals surface area contributed by atoms with Gasteiger partial charge in [-0.2, -0.15) is 12.6 Å². The van der Waals surface area contributed by atoms with Gasteiger partial charge >= 0.3 is 11.9 Å². The lowest BCUT2D eigenvalue weighted by atomic mass is 10.1. The molecule has 0 heterocycles. The zero-order valence-electron chi connectivity index (χ0n) is 13.0. The molecule has 0 aliphatic heterocycles. The summed E-state index contributed by atoms with van der Waals surface area (Å²) in [5.74, 6) is -5.59. The first kappa shape index (κ1) is 22.6. The van der Waals surface area contributed by atoms with Crippen LogP contribution >= 0.6 is 12.6 Å². The molecule has 8 N–H and O–H groups in total. The molecule has 0 aliphatic rings. The first-order valence-corrected chi connectivity index (χ1v) is 7.54. The fourth-order valence-electron chi connectivity index (χ4n) is 1.47. The largest absolute Gasteiger partial charge is 0.481 e. The summed E-state index contributed by atoms with van der Waals surface area (Å²) in [7, 11) is 0. The van der Waals surface area contributed by atoms with Crippen molar-refractivity contribution >= 4 is 42.3 Å². The molecule has 0 saturated carbocycles. The molecule has 3 amide bonds. The number of hydrogen-bond donors (Lipinski definition) is 8. The SMILES string of the molecule is NC(CS)C(=O)NC(CC(=O)O)C(=O)NCC(=O)NC(CO)C(=O)O. The number of hydrogen-bond acceptors (Lipinski definition) is 8. The van der Waals surface area contributed by atoms with Crippen LogP contribution in [-0.4, -0.2) is 82.0 Å². The van der Waals surface area contributed by atoms with E-state index in [9.17, 15) is 24.0 Å². The Morgan fingerprint density at radius 2 is 1.60 bits per heavy atom. The van der Waals surface area contributed by atoms with Crippen LogP contribution < -0.4 is 21.7 Å². The van der Waals surface area contributed by atoms with Gasteiger partial charge in [-0.3, -0.25) is 19.2 Å². The van der Waals surface area contributed by atoms with Crippen LogP contribution in [0.5, 0.6) is 0 Å². The number of aliphatic hydroxyl groups is 1. The molecule has 3 atom stereocenters. The highest BCUT2D eigenvalue weighted by atomic mass is 32.1. The molecule has 0 aromatic heterocycles. The number of nitrogens with one attached hydrogen (secondary N) is 3. The summed E-state index contributed by atoms with van der Waals surface area (Å²) in [6.07, 6.45) is -0.757. The van der Waals surface area contributed by atoms with Gasteiger partial charge in [0.05, 0.1) is 25.6 Å². The van der Waals surface area contributed by atoms with Gasteiger partial charge in [0, 0.05) is 5.75 Å². The number of carboxylic acid groups (broad SMARTS) is 2. The molecule has 0 radical (unpaired) electrons. The van der Waals surface area contributed by atoms with E-state index < -0.39 is 67.4 Å². The van der Waals surface area contributed by atoms with Crippen LogP contribution in [0.25, 0.3) is 0 Å². The monoisotopic (exact) mass is 380 g/mol. The van der Waals surface area contributed by atoms with Gasteiger partial charge in [0.25, 0.3) is 0 Å². The number of aliphatic hydroxyl groups excluding tert-OH is 1. The molecule has 0 spiro atoms. The topological polar surface area (TPSA) is 208 Å². The van der Waals surface area contributed by atoms with E-state index in [4.69, 9.17) is 21.1 Å². The van der Waals surface area contributed by atoms with E-state index in [1.165, 1.54) is 0 Å². The minimum atomic E-state index is -1.55. The van der Waals surface area contributed by atoms with E-state index in [1.807, 2.05) is 5.32 Å². The number of carbonyl (C=O) groups is 5. The fraction of sp³-hybridized carbons (Fsp3) is 0.583. The highest BCUT2D eigenvalue weighted by Crippen LogP contribution is 1.95. The third-order valence-corrected chi connectivity index (χ3v) is 3.18. The Morgan fingerprint density at radius 1 is 1.00 bits per heavy atom. The number of thiol groups is 1. The summed E-state index contributed by atoms with van der Waals surface area (Å²) >= 11 is 3.80. The Hall–Kier alpha value is -2.38. The smallest absolute Gasteiger partial charge is 0.328 e. The average Bonchev–Trinajstić information content (AvgIpc) is 2.55. The van der Waals surface area contributed by atoms with Gasteiger partial charge in [-0.1, -0.05) is 0 Å². The van der Waals surface area contributed by atoms with E-state index in [2.05, 4.69) is 23.3 Å². The number of nitrogens with two attached hydrogens (primary N) is 1. The molecule has 0 aliphatic carbocycles. The first-order chi connectivity index (χ1) is 11.6. The zero-order valence-corrected chi connectivity index (χ0v) is 13.9. The molecule has 0 aromatic carbocycles. The Kier molecular flexibility index (Phi) is 10.2. The minimum absolute atomic E-state index is 0.0343. The minimum Gasteiger partial charge on any atom is -0.481 e. The Balaban J connectivity index is 4.71. The summed E-state index contributed by atoms with van der Waals surface area (Å²) in [5, 5.41) is 32.3. The lowest BCUT2D eigenvalue weighted by molar-refractivity contribution is -0.143. The molecule has 3 unspecified atom stereocenters. The normalized spacial score (nSPS) is 13.9. The molecule has 25 heavy (non-hydrogen) atoms. The zero-order chi connectivity index (χ0) is 19.6. The van der Waals surface area contributed by atoms with Crippen molar-refractivity contribution in [3.8, 4) is 0 Å². The van der Waals surface area contributed by atoms with Gasteiger partial charge < -0.3 is 37.0 Å². The third-order valence-electron chi connectivity index (χ3n) is 2.78. The third kappa shape index (κ3) is 8.88. The van der Waals surface area contributed by atoms with Gasteiger partial charge in [-0.15, -0.1) is 0 Å². The van der Waals surface area contributed by atoms with Gasteiger partial charge in [0.1, 0.15) is 12.1 Å². The van der Waals surface area contributed by atoms with E-state index in [0.29, 0.717) is 0 Å². The summed E-state index contributed by atoms with van der Waals surface area (Å²) in [6, 6.07) is -4.10. The number of rotatable bonds is 11. The van der Waals surface area contributed by atoms with Crippen molar-refractivity contribution in [1.82, 2.24) is 16.0 Å². The lowest BCUT2D eigenvalue weighted by Gasteiger charge is -2.19. The van der Waals surface area contributed by atoms with Crippen LogP contribution in [0.3, 0.4) is 0 Å².